The van der Waals surface area contributed by atoms with E-state index in [-0.39, 0.29) is 0 Å². The molecule has 0 saturated carbocycles. The van der Waals surface area contributed by atoms with Gasteiger partial charge in [0.1, 0.15) is 5.71 Å². The van der Waals surface area contributed by atoms with Crippen molar-refractivity contribution in [1.82, 2.24) is 0 Å². The maximum Gasteiger partial charge on any atom is 0.108 e. The lowest BCUT2D eigenvalue weighted by atomic mass is 10.0. The summed E-state index contributed by atoms with van der Waals surface area (Å²) in [5.41, 5.74) is 3.35. The summed E-state index contributed by atoms with van der Waals surface area (Å²) in [4.78, 5) is 0. The lowest BCUT2D eigenvalue weighted by molar-refractivity contribution is 1.25. The van der Waals surface area contributed by atoms with Crippen LogP contribution in [0.15, 0.2) is 23.3 Å². The van der Waals surface area contributed by atoms with Gasteiger partial charge in [0.2, 0.25) is 0 Å². The van der Waals surface area contributed by atoms with Crippen LogP contribution in [0.2, 0.25) is 0 Å². The molecule has 0 unspecified atom stereocenters. The normalized spacial score (nSPS) is 10.5. The summed E-state index contributed by atoms with van der Waals surface area (Å²) in [7, 11) is 0. The molecule has 0 aliphatic rings. The second-order valence-electron chi connectivity index (χ2n) is 3.34. The zero-order valence-electron chi connectivity index (χ0n) is 9.54. The highest BCUT2D eigenvalue weighted by Crippen LogP contribution is 2.11. The third-order valence-electron chi connectivity index (χ3n) is 2.19. The molecular formula is C13H15N3. The van der Waals surface area contributed by atoms with Crippen molar-refractivity contribution in [3.05, 3.63) is 34.9 Å². The SMILES string of the molecule is CCC#Cc1ccc(/C(C=N)=N/N)c(C)c1. The fraction of sp³-hybridized carbons (Fsp3) is 0.231. The summed E-state index contributed by atoms with van der Waals surface area (Å²) < 4.78 is 0. The lowest BCUT2D eigenvalue weighted by Gasteiger charge is -2.04. The van der Waals surface area contributed by atoms with Gasteiger partial charge in [0.25, 0.3) is 0 Å². The minimum atomic E-state index is 0.479. The number of benzene rings is 1. The Hall–Kier alpha value is -2.08. The predicted molar refractivity (Wildman–Crippen MR) is 67.9 cm³/mol. The number of nitrogens with zero attached hydrogens (tertiary/aromatic N) is 1. The Morgan fingerprint density at radius 2 is 2.31 bits per heavy atom. The van der Waals surface area contributed by atoms with Gasteiger partial charge in [-0.05, 0) is 24.6 Å². The number of nitrogens with one attached hydrogen (secondary N) is 1. The molecule has 1 rings (SSSR count). The fourth-order valence-electron chi connectivity index (χ4n) is 1.40. The van der Waals surface area contributed by atoms with E-state index in [4.69, 9.17) is 11.3 Å². The number of nitrogens with two attached hydrogens (primary N) is 1. The highest BCUT2D eigenvalue weighted by Gasteiger charge is 2.04. The summed E-state index contributed by atoms with van der Waals surface area (Å²) >= 11 is 0. The smallest absolute Gasteiger partial charge is 0.108 e. The van der Waals surface area contributed by atoms with Gasteiger partial charge in [0, 0.05) is 23.8 Å². The molecule has 3 heteroatoms. The maximum absolute atomic E-state index is 7.19. The summed E-state index contributed by atoms with van der Waals surface area (Å²) in [5.74, 6) is 11.3. The zero-order valence-corrected chi connectivity index (χ0v) is 9.54. The van der Waals surface area contributed by atoms with Gasteiger partial charge in [-0.2, -0.15) is 5.10 Å². The Balaban J connectivity index is 3.14. The van der Waals surface area contributed by atoms with Crippen molar-refractivity contribution in [3.63, 3.8) is 0 Å². The van der Waals surface area contributed by atoms with E-state index in [1.54, 1.807) is 0 Å². The third kappa shape index (κ3) is 2.71. The average Bonchev–Trinajstić information content (AvgIpc) is 2.30. The van der Waals surface area contributed by atoms with E-state index >= 15 is 0 Å². The quantitative estimate of drug-likeness (QED) is 0.336. The summed E-state index contributed by atoms with van der Waals surface area (Å²) in [6, 6.07) is 5.79. The van der Waals surface area contributed by atoms with Crippen LogP contribution < -0.4 is 5.84 Å². The van der Waals surface area contributed by atoms with Crippen molar-refractivity contribution in [3.8, 4) is 11.8 Å². The minimum Gasteiger partial charge on any atom is -0.323 e. The maximum atomic E-state index is 7.19. The van der Waals surface area contributed by atoms with Crippen molar-refractivity contribution < 1.29 is 0 Å². The molecule has 0 aliphatic carbocycles. The standard InChI is InChI=1S/C13H15N3/c1-3-4-5-11-6-7-12(10(2)8-11)13(9-14)16-15/h6-9,14H,3,15H2,1-2H3/b14-9?,16-13+. The summed E-state index contributed by atoms with van der Waals surface area (Å²) in [6.07, 6.45) is 2.00. The van der Waals surface area contributed by atoms with Crippen molar-refractivity contribution in [1.29, 1.82) is 5.41 Å². The van der Waals surface area contributed by atoms with Crippen LogP contribution in [0, 0.1) is 24.2 Å². The van der Waals surface area contributed by atoms with Gasteiger partial charge in [-0.15, -0.1) is 0 Å². The first-order valence-corrected chi connectivity index (χ1v) is 5.11. The largest absolute Gasteiger partial charge is 0.323 e. The molecule has 0 radical (unpaired) electrons. The molecule has 0 heterocycles. The molecule has 0 atom stereocenters. The van der Waals surface area contributed by atoms with Gasteiger partial charge in [0.15, 0.2) is 0 Å². The van der Waals surface area contributed by atoms with E-state index in [0.29, 0.717) is 5.71 Å². The van der Waals surface area contributed by atoms with Gasteiger partial charge >= 0.3 is 0 Å². The molecule has 0 amide bonds. The molecular weight excluding hydrogens is 198 g/mol. The molecule has 0 aromatic heterocycles. The van der Waals surface area contributed by atoms with Crippen LogP contribution >= 0.6 is 0 Å². The average molecular weight is 213 g/mol. The highest BCUT2D eigenvalue weighted by molar-refractivity contribution is 6.37. The highest BCUT2D eigenvalue weighted by atomic mass is 15.1. The van der Waals surface area contributed by atoms with Gasteiger partial charge in [-0.1, -0.05) is 24.8 Å². The van der Waals surface area contributed by atoms with Crippen LogP contribution in [0.3, 0.4) is 0 Å². The molecule has 3 nitrogen and oxygen atoms in total. The molecule has 1 aromatic rings. The van der Waals surface area contributed by atoms with Gasteiger partial charge in [0.05, 0.1) is 0 Å². The van der Waals surface area contributed by atoms with Crippen LogP contribution in [0.25, 0.3) is 0 Å². The second kappa shape index (κ2) is 5.72. The zero-order chi connectivity index (χ0) is 12.0. The van der Waals surface area contributed by atoms with Gasteiger partial charge < -0.3 is 11.3 Å². The number of hydrogen-bond donors (Lipinski definition) is 2. The number of aryl methyl sites for hydroxylation is 1. The van der Waals surface area contributed by atoms with Crippen LogP contribution in [-0.4, -0.2) is 11.9 Å². The van der Waals surface area contributed by atoms with Crippen LogP contribution in [0.4, 0.5) is 0 Å². The lowest BCUT2D eigenvalue weighted by Crippen LogP contribution is -2.07. The molecule has 0 aliphatic heterocycles. The molecule has 16 heavy (non-hydrogen) atoms. The molecule has 0 saturated heterocycles. The molecule has 1 aromatic carbocycles. The Morgan fingerprint density at radius 1 is 1.56 bits per heavy atom. The minimum absolute atomic E-state index is 0.479. The number of hydrazone groups is 1. The first-order chi connectivity index (χ1) is 7.72. The summed E-state index contributed by atoms with van der Waals surface area (Å²) in [6.45, 7) is 3.98. The van der Waals surface area contributed by atoms with E-state index in [9.17, 15) is 0 Å². The van der Waals surface area contributed by atoms with Crippen molar-refractivity contribution in [2.75, 3.05) is 0 Å². The summed E-state index contributed by atoms with van der Waals surface area (Å²) in [5, 5.41) is 10.8. The van der Waals surface area contributed by atoms with Crippen LogP contribution in [0.5, 0.6) is 0 Å². The second-order valence-corrected chi connectivity index (χ2v) is 3.34. The van der Waals surface area contributed by atoms with Crippen molar-refractivity contribution >= 4 is 11.9 Å². The van der Waals surface area contributed by atoms with Crippen molar-refractivity contribution in [2.24, 2.45) is 10.9 Å². The number of rotatable bonds is 2. The Kier molecular flexibility index (Phi) is 4.28. The van der Waals surface area contributed by atoms with Crippen molar-refractivity contribution in [2.45, 2.75) is 20.3 Å². The molecule has 0 fully saturated rings. The topological polar surface area (TPSA) is 62.2 Å². The van der Waals surface area contributed by atoms with Gasteiger partial charge in [-0.25, -0.2) is 0 Å². The Bertz CT molecular complexity index is 476. The third-order valence-corrected chi connectivity index (χ3v) is 2.19. The van der Waals surface area contributed by atoms with E-state index in [1.165, 1.54) is 0 Å². The number of hydrogen-bond acceptors (Lipinski definition) is 3. The first-order valence-electron chi connectivity index (χ1n) is 5.11. The van der Waals surface area contributed by atoms with E-state index in [1.807, 2.05) is 32.0 Å². The van der Waals surface area contributed by atoms with Gasteiger partial charge in [-0.3, -0.25) is 0 Å². The van der Waals surface area contributed by atoms with E-state index in [2.05, 4.69) is 16.9 Å². The Labute approximate surface area is 95.9 Å². The monoisotopic (exact) mass is 213 g/mol. The first kappa shape index (κ1) is 12.0. The molecule has 0 spiro atoms. The van der Waals surface area contributed by atoms with E-state index < -0.39 is 0 Å². The fourth-order valence-corrected chi connectivity index (χ4v) is 1.40. The molecule has 0 bridgehead atoms. The molecule has 82 valence electrons. The van der Waals surface area contributed by atoms with Crippen LogP contribution in [-0.2, 0) is 0 Å². The van der Waals surface area contributed by atoms with Crippen LogP contribution in [0.1, 0.15) is 30.0 Å². The predicted octanol–water partition coefficient (Wildman–Crippen LogP) is 2.07. The van der Waals surface area contributed by atoms with E-state index in [0.717, 1.165) is 29.3 Å². The molecule has 3 N–H and O–H groups in total. The Morgan fingerprint density at radius 3 is 2.81 bits per heavy atom.